The second kappa shape index (κ2) is 9.57. The zero-order valence-electron chi connectivity index (χ0n) is 17.2. The van der Waals surface area contributed by atoms with Gasteiger partial charge in [-0.25, -0.2) is 8.42 Å². The average molecular weight is 459 g/mol. The third kappa shape index (κ3) is 4.88. The molecule has 1 aliphatic rings. The van der Waals surface area contributed by atoms with Gasteiger partial charge in [-0.15, -0.1) is 0 Å². The maximum absolute atomic E-state index is 13.7. The van der Waals surface area contributed by atoms with Gasteiger partial charge in [-0.05, 0) is 66.3 Å². The van der Waals surface area contributed by atoms with E-state index >= 15 is 0 Å². The van der Waals surface area contributed by atoms with Crippen molar-refractivity contribution in [1.29, 1.82) is 0 Å². The Morgan fingerprint density at radius 1 is 1.00 bits per heavy atom. The first-order valence-corrected chi connectivity index (χ1v) is 12.4. The largest absolute Gasteiger partial charge is 0.396 e. The zero-order valence-corrected chi connectivity index (χ0v) is 18.8. The summed E-state index contributed by atoms with van der Waals surface area (Å²) in [5.74, 6) is -0.0611. The molecule has 31 heavy (non-hydrogen) atoms. The molecule has 1 aliphatic carbocycles. The van der Waals surface area contributed by atoms with Gasteiger partial charge >= 0.3 is 0 Å². The Bertz CT molecular complexity index is 1080. The number of aliphatic hydroxyl groups is 1. The molecule has 5 nitrogen and oxygen atoms in total. The first-order chi connectivity index (χ1) is 15.0. The number of aromatic amines is 1. The van der Waals surface area contributed by atoms with Crippen LogP contribution < -0.4 is 0 Å². The quantitative estimate of drug-likeness (QED) is 0.518. The number of rotatable bonds is 7. The third-order valence-corrected chi connectivity index (χ3v) is 8.23. The minimum atomic E-state index is -3.75. The van der Waals surface area contributed by atoms with Gasteiger partial charge in [0, 0.05) is 36.1 Å². The zero-order chi connectivity index (χ0) is 21.8. The standard InChI is InChI=1S/C24H27ClN2O3S/c25-21-11-13-22(14-12-21)31(29,30)27(24-6-2-1-4-20(24)17-28)16-18-7-9-19(10-8-18)23-5-3-15-26-23/h3,5,7-15,20,24,26,28H,1-2,4,6,16-17H2/t20-,24+/m0/s1. The predicted molar refractivity (Wildman–Crippen MR) is 123 cm³/mol. The van der Waals surface area contributed by atoms with Crippen LogP contribution in [0.2, 0.25) is 5.02 Å². The van der Waals surface area contributed by atoms with Gasteiger partial charge in [0.05, 0.1) is 4.90 Å². The van der Waals surface area contributed by atoms with Crippen molar-refractivity contribution >= 4 is 21.6 Å². The molecule has 2 aromatic carbocycles. The van der Waals surface area contributed by atoms with E-state index in [0.29, 0.717) is 5.02 Å². The van der Waals surface area contributed by atoms with Crippen molar-refractivity contribution in [3.05, 3.63) is 77.4 Å². The summed E-state index contributed by atoms with van der Waals surface area (Å²) in [7, 11) is -3.75. The first-order valence-electron chi connectivity index (χ1n) is 10.6. The van der Waals surface area contributed by atoms with Crippen molar-refractivity contribution in [2.45, 2.75) is 43.2 Å². The van der Waals surface area contributed by atoms with E-state index in [4.69, 9.17) is 11.6 Å². The highest BCUT2D eigenvalue weighted by molar-refractivity contribution is 7.89. The van der Waals surface area contributed by atoms with Gasteiger partial charge < -0.3 is 10.1 Å². The van der Waals surface area contributed by atoms with E-state index in [9.17, 15) is 13.5 Å². The van der Waals surface area contributed by atoms with Crippen molar-refractivity contribution in [3.63, 3.8) is 0 Å². The number of hydrogen-bond acceptors (Lipinski definition) is 3. The molecule has 3 aromatic rings. The number of aromatic nitrogens is 1. The second-order valence-corrected chi connectivity index (χ2v) is 10.4. The Balaban J connectivity index is 1.67. The summed E-state index contributed by atoms with van der Waals surface area (Å²) in [6.45, 7) is 0.250. The van der Waals surface area contributed by atoms with E-state index < -0.39 is 10.0 Å². The summed E-state index contributed by atoms with van der Waals surface area (Å²) in [5, 5.41) is 10.4. The molecule has 0 spiro atoms. The van der Waals surface area contributed by atoms with Crippen LogP contribution in [-0.2, 0) is 16.6 Å². The summed E-state index contributed by atoms with van der Waals surface area (Å²) in [6.07, 6.45) is 5.43. The van der Waals surface area contributed by atoms with Gasteiger partial charge in [0.1, 0.15) is 0 Å². The van der Waals surface area contributed by atoms with E-state index in [-0.39, 0.29) is 30.0 Å². The van der Waals surface area contributed by atoms with Gasteiger partial charge in [-0.2, -0.15) is 4.31 Å². The lowest BCUT2D eigenvalue weighted by Crippen LogP contribution is -2.46. The Morgan fingerprint density at radius 2 is 1.71 bits per heavy atom. The molecule has 0 bridgehead atoms. The highest BCUT2D eigenvalue weighted by Gasteiger charge is 2.37. The van der Waals surface area contributed by atoms with Crippen LogP contribution in [0.4, 0.5) is 0 Å². The van der Waals surface area contributed by atoms with Crippen molar-refractivity contribution in [2.75, 3.05) is 6.61 Å². The van der Waals surface area contributed by atoms with Crippen LogP contribution in [0.15, 0.2) is 71.8 Å². The van der Waals surface area contributed by atoms with Crippen LogP contribution in [0.5, 0.6) is 0 Å². The fourth-order valence-corrected chi connectivity index (χ4v) is 6.21. The number of benzene rings is 2. The summed E-state index contributed by atoms with van der Waals surface area (Å²) >= 11 is 5.98. The molecule has 0 radical (unpaired) electrons. The lowest BCUT2D eigenvalue weighted by atomic mass is 9.85. The van der Waals surface area contributed by atoms with Crippen LogP contribution in [0.25, 0.3) is 11.3 Å². The molecule has 0 aliphatic heterocycles. The maximum Gasteiger partial charge on any atom is 0.243 e. The Kier molecular flexibility index (Phi) is 6.82. The summed E-state index contributed by atoms with van der Waals surface area (Å²) in [6, 6.07) is 18.0. The molecular formula is C24H27ClN2O3S. The SMILES string of the molecule is O=S(=O)(c1ccc(Cl)cc1)N(Cc1ccc(-c2ccc[nH]2)cc1)[C@@H]1CCCC[C@H]1CO. The maximum atomic E-state index is 13.7. The van der Waals surface area contributed by atoms with Crippen molar-refractivity contribution in [3.8, 4) is 11.3 Å². The van der Waals surface area contributed by atoms with E-state index in [1.807, 2.05) is 42.6 Å². The van der Waals surface area contributed by atoms with Crippen LogP contribution in [0, 0.1) is 5.92 Å². The minimum Gasteiger partial charge on any atom is -0.396 e. The normalized spacial score (nSPS) is 19.6. The van der Waals surface area contributed by atoms with Gasteiger partial charge in [0.2, 0.25) is 10.0 Å². The number of aliphatic hydroxyl groups excluding tert-OH is 1. The molecule has 164 valence electrons. The highest BCUT2D eigenvalue weighted by Crippen LogP contribution is 2.33. The van der Waals surface area contributed by atoms with E-state index in [1.54, 1.807) is 28.6 Å². The van der Waals surface area contributed by atoms with Gasteiger partial charge in [0.25, 0.3) is 0 Å². The molecule has 2 N–H and O–H groups in total. The highest BCUT2D eigenvalue weighted by atomic mass is 35.5. The van der Waals surface area contributed by atoms with Gasteiger partial charge in [-0.3, -0.25) is 0 Å². The molecule has 7 heteroatoms. The molecular weight excluding hydrogens is 432 g/mol. The molecule has 2 atom stereocenters. The monoisotopic (exact) mass is 458 g/mol. The summed E-state index contributed by atoms with van der Waals surface area (Å²) in [5.41, 5.74) is 2.98. The lowest BCUT2D eigenvalue weighted by molar-refractivity contribution is 0.109. The second-order valence-electron chi connectivity index (χ2n) is 8.08. The predicted octanol–water partition coefficient (Wildman–Crippen LogP) is 5.08. The Morgan fingerprint density at radius 3 is 2.35 bits per heavy atom. The number of nitrogens with zero attached hydrogens (tertiary/aromatic N) is 1. The molecule has 1 aromatic heterocycles. The average Bonchev–Trinajstić information content (AvgIpc) is 3.33. The lowest BCUT2D eigenvalue weighted by Gasteiger charge is -2.38. The summed E-state index contributed by atoms with van der Waals surface area (Å²) < 4.78 is 28.9. The van der Waals surface area contributed by atoms with E-state index in [1.165, 1.54) is 0 Å². The topological polar surface area (TPSA) is 73.4 Å². The Hall–Kier alpha value is -2.12. The van der Waals surface area contributed by atoms with Crippen LogP contribution in [0.1, 0.15) is 31.2 Å². The minimum absolute atomic E-state index is 0.0108. The number of halogens is 1. The van der Waals surface area contributed by atoms with Crippen LogP contribution >= 0.6 is 11.6 Å². The third-order valence-electron chi connectivity index (χ3n) is 6.09. The van der Waals surface area contributed by atoms with Crippen LogP contribution in [0.3, 0.4) is 0 Å². The molecule has 4 rings (SSSR count). The fourth-order valence-electron chi connectivity index (χ4n) is 4.38. The fraction of sp³-hybridized carbons (Fsp3) is 0.333. The van der Waals surface area contributed by atoms with Crippen molar-refractivity contribution < 1.29 is 13.5 Å². The molecule has 1 heterocycles. The molecule has 0 unspecified atom stereocenters. The number of nitrogens with one attached hydrogen (secondary N) is 1. The number of H-pyrrole nitrogens is 1. The first kappa shape index (κ1) is 22.1. The van der Waals surface area contributed by atoms with Gasteiger partial charge in [-0.1, -0.05) is 48.7 Å². The number of hydrogen-bond donors (Lipinski definition) is 2. The van der Waals surface area contributed by atoms with E-state index in [2.05, 4.69) is 4.98 Å². The molecule has 1 fully saturated rings. The van der Waals surface area contributed by atoms with E-state index in [0.717, 1.165) is 42.5 Å². The Labute approximate surface area is 188 Å². The van der Waals surface area contributed by atoms with Crippen molar-refractivity contribution in [2.24, 2.45) is 5.92 Å². The molecule has 0 amide bonds. The molecule has 0 saturated heterocycles. The smallest absolute Gasteiger partial charge is 0.243 e. The summed E-state index contributed by atoms with van der Waals surface area (Å²) in [4.78, 5) is 3.41. The molecule has 1 saturated carbocycles. The van der Waals surface area contributed by atoms with Crippen LogP contribution in [-0.4, -0.2) is 35.5 Å². The van der Waals surface area contributed by atoms with Gasteiger partial charge in [0.15, 0.2) is 0 Å². The van der Waals surface area contributed by atoms with Crippen molar-refractivity contribution in [1.82, 2.24) is 9.29 Å². The number of sulfonamides is 1.